The first-order chi connectivity index (χ1) is 8.36. The van der Waals surface area contributed by atoms with Crippen LogP contribution in [0.5, 0.6) is 0 Å². The van der Waals surface area contributed by atoms with E-state index in [1.807, 2.05) is 18.7 Å². The van der Waals surface area contributed by atoms with Gasteiger partial charge in [-0.3, -0.25) is 0 Å². The topological polar surface area (TPSA) is 12.0 Å². The van der Waals surface area contributed by atoms with Gasteiger partial charge in [-0.1, -0.05) is 19.1 Å². The lowest BCUT2D eigenvalue weighted by molar-refractivity contribution is 0.675. The Hall–Kier alpha value is -0.910. The van der Waals surface area contributed by atoms with Gasteiger partial charge in [-0.05, 0) is 37.6 Å². The Morgan fingerprint density at radius 1 is 1.24 bits per heavy atom. The van der Waals surface area contributed by atoms with E-state index in [1.165, 1.54) is 16.9 Å². The van der Waals surface area contributed by atoms with Crippen molar-refractivity contribution in [3.63, 3.8) is 0 Å². The molecule has 1 aromatic carbocycles. The number of hydrogen-bond donors (Lipinski definition) is 1. The third-order valence-electron chi connectivity index (χ3n) is 2.35. The summed E-state index contributed by atoms with van der Waals surface area (Å²) in [6.45, 7) is 6.14. The molecule has 0 fully saturated rings. The number of benzene rings is 1. The van der Waals surface area contributed by atoms with Crippen LogP contribution < -0.4 is 5.32 Å². The van der Waals surface area contributed by atoms with Gasteiger partial charge in [0, 0.05) is 23.6 Å². The Kier molecular flexibility index (Phi) is 7.62. The van der Waals surface area contributed by atoms with Gasteiger partial charge in [0.2, 0.25) is 0 Å². The number of thioether (sulfide) groups is 1. The van der Waals surface area contributed by atoms with Gasteiger partial charge in [-0.15, -0.1) is 23.6 Å². The molecule has 0 unspecified atom stereocenters. The first-order valence-electron chi connectivity index (χ1n) is 6.19. The van der Waals surface area contributed by atoms with Crippen LogP contribution in [0.1, 0.15) is 32.3 Å². The second-order valence-electron chi connectivity index (χ2n) is 3.85. The fourth-order valence-electron chi connectivity index (χ4n) is 1.46. The van der Waals surface area contributed by atoms with Crippen molar-refractivity contribution in [1.82, 2.24) is 5.32 Å². The molecule has 0 aliphatic rings. The summed E-state index contributed by atoms with van der Waals surface area (Å²) in [7, 11) is 0. The van der Waals surface area contributed by atoms with Crippen molar-refractivity contribution in [3.8, 4) is 11.8 Å². The van der Waals surface area contributed by atoms with Crippen LogP contribution in [0.2, 0.25) is 0 Å². The van der Waals surface area contributed by atoms with Crippen LogP contribution in [0, 0.1) is 11.8 Å². The summed E-state index contributed by atoms with van der Waals surface area (Å²) in [6.07, 6.45) is 2.16. The van der Waals surface area contributed by atoms with Crippen LogP contribution in [0.15, 0.2) is 29.2 Å². The summed E-state index contributed by atoms with van der Waals surface area (Å²) < 4.78 is 0. The van der Waals surface area contributed by atoms with E-state index in [4.69, 9.17) is 0 Å². The van der Waals surface area contributed by atoms with Gasteiger partial charge >= 0.3 is 0 Å². The maximum Gasteiger partial charge on any atom is 0.0205 e. The minimum absolute atomic E-state index is 0.972. The molecule has 0 bridgehead atoms. The van der Waals surface area contributed by atoms with Crippen LogP contribution in [0.3, 0.4) is 0 Å². The van der Waals surface area contributed by atoms with Gasteiger partial charge in [0.1, 0.15) is 0 Å². The van der Waals surface area contributed by atoms with E-state index < -0.39 is 0 Å². The second-order valence-corrected chi connectivity index (χ2v) is 5.01. The van der Waals surface area contributed by atoms with E-state index in [0.717, 1.165) is 25.3 Å². The van der Waals surface area contributed by atoms with Crippen molar-refractivity contribution in [2.45, 2.75) is 38.1 Å². The summed E-state index contributed by atoms with van der Waals surface area (Å²) in [6, 6.07) is 8.81. The number of hydrogen-bond acceptors (Lipinski definition) is 2. The minimum Gasteiger partial charge on any atom is -0.313 e. The summed E-state index contributed by atoms with van der Waals surface area (Å²) >= 11 is 1.87. The van der Waals surface area contributed by atoms with Gasteiger partial charge in [0.05, 0.1) is 0 Å². The van der Waals surface area contributed by atoms with E-state index in [2.05, 4.69) is 48.3 Å². The lowest BCUT2D eigenvalue weighted by Gasteiger charge is -2.04. The molecule has 0 radical (unpaired) electrons. The molecule has 0 saturated heterocycles. The molecule has 0 aliphatic carbocycles. The van der Waals surface area contributed by atoms with Crippen LogP contribution in [0.4, 0.5) is 0 Å². The zero-order valence-electron chi connectivity index (χ0n) is 10.8. The summed E-state index contributed by atoms with van der Waals surface area (Å²) in [4.78, 5) is 1.34. The molecule has 2 heteroatoms. The molecule has 0 spiro atoms. The highest BCUT2D eigenvalue weighted by Crippen LogP contribution is 2.18. The Morgan fingerprint density at radius 2 is 2.00 bits per heavy atom. The quantitative estimate of drug-likeness (QED) is 0.448. The minimum atomic E-state index is 0.972. The first kappa shape index (κ1) is 14.2. The molecule has 1 aromatic rings. The Morgan fingerprint density at radius 3 is 2.65 bits per heavy atom. The molecular weight excluding hydrogens is 226 g/mol. The van der Waals surface area contributed by atoms with Gasteiger partial charge < -0.3 is 5.32 Å². The van der Waals surface area contributed by atoms with Crippen molar-refractivity contribution in [2.24, 2.45) is 0 Å². The second kappa shape index (κ2) is 9.15. The van der Waals surface area contributed by atoms with Crippen LogP contribution >= 0.6 is 11.8 Å². The summed E-state index contributed by atoms with van der Waals surface area (Å²) in [5, 5.41) is 3.41. The zero-order chi connectivity index (χ0) is 12.3. The molecule has 0 saturated carbocycles. The lowest BCUT2D eigenvalue weighted by atomic mass is 10.2. The molecule has 1 rings (SSSR count). The highest BCUT2D eigenvalue weighted by atomic mass is 32.2. The van der Waals surface area contributed by atoms with Gasteiger partial charge in [-0.25, -0.2) is 0 Å². The number of nitrogens with one attached hydrogen (secondary N) is 1. The molecule has 1 N–H and O–H groups in total. The van der Waals surface area contributed by atoms with Crippen molar-refractivity contribution < 1.29 is 0 Å². The van der Waals surface area contributed by atoms with E-state index in [-0.39, 0.29) is 0 Å². The standard InChI is InChI=1S/C15H21NS/c1-3-5-6-12-17-15-9-7-14(8-10-15)13-16-11-4-2/h7-10,16H,4,6,11-13H2,1-2H3. The maximum atomic E-state index is 3.41. The van der Waals surface area contributed by atoms with E-state index in [0.29, 0.717) is 0 Å². The fraction of sp³-hybridized carbons (Fsp3) is 0.467. The normalized spacial score (nSPS) is 9.76. The van der Waals surface area contributed by atoms with Crippen LogP contribution in [-0.4, -0.2) is 12.3 Å². The monoisotopic (exact) mass is 247 g/mol. The first-order valence-corrected chi connectivity index (χ1v) is 7.17. The molecule has 1 nitrogen and oxygen atoms in total. The van der Waals surface area contributed by atoms with Gasteiger partial charge in [0.25, 0.3) is 0 Å². The van der Waals surface area contributed by atoms with E-state index in [9.17, 15) is 0 Å². The average Bonchev–Trinajstić information content (AvgIpc) is 2.37. The maximum absolute atomic E-state index is 3.41. The van der Waals surface area contributed by atoms with E-state index in [1.54, 1.807) is 0 Å². The number of rotatable bonds is 7. The molecule has 92 valence electrons. The third-order valence-corrected chi connectivity index (χ3v) is 3.37. The largest absolute Gasteiger partial charge is 0.313 e. The predicted octanol–water partition coefficient (Wildman–Crippen LogP) is 3.69. The molecule has 0 aromatic heterocycles. The Labute approximate surface area is 109 Å². The molecule has 0 aliphatic heterocycles. The summed E-state index contributed by atoms with van der Waals surface area (Å²) in [5.74, 6) is 7.08. The highest BCUT2D eigenvalue weighted by Gasteiger charge is 1.95. The molecule has 0 atom stereocenters. The van der Waals surface area contributed by atoms with Gasteiger partial charge in [0.15, 0.2) is 0 Å². The molecular formula is C15H21NS. The average molecular weight is 247 g/mol. The predicted molar refractivity (Wildman–Crippen MR) is 77.2 cm³/mol. The highest BCUT2D eigenvalue weighted by molar-refractivity contribution is 7.99. The summed E-state index contributed by atoms with van der Waals surface area (Å²) in [5.41, 5.74) is 1.36. The van der Waals surface area contributed by atoms with Crippen LogP contribution in [-0.2, 0) is 6.54 Å². The Bertz CT molecular complexity index is 359. The van der Waals surface area contributed by atoms with Crippen molar-refractivity contribution in [2.75, 3.05) is 12.3 Å². The Balaban J connectivity index is 2.30. The van der Waals surface area contributed by atoms with Crippen molar-refractivity contribution in [3.05, 3.63) is 29.8 Å². The van der Waals surface area contributed by atoms with Crippen molar-refractivity contribution in [1.29, 1.82) is 0 Å². The molecule has 0 amide bonds. The van der Waals surface area contributed by atoms with Gasteiger partial charge in [-0.2, -0.15) is 0 Å². The molecule has 17 heavy (non-hydrogen) atoms. The van der Waals surface area contributed by atoms with Crippen molar-refractivity contribution >= 4 is 11.8 Å². The lowest BCUT2D eigenvalue weighted by Crippen LogP contribution is -2.13. The third kappa shape index (κ3) is 6.41. The zero-order valence-corrected chi connectivity index (χ0v) is 11.6. The van der Waals surface area contributed by atoms with Crippen LogP contribution in [0.25, 0.3) is 0 Å². The molecule has 0 heterocycles. The van der Waals surface area contributed by atoms with E-state index >= 15 is 0 Å². The SMILES string of the molecule is CC#CCCSc1ccc(CNCCC)cc1. The fourth-order valence-corrected chi connectivity index (χ4v) is 2.23. The smallest absolute Gasteiger partial charge is 0.0205 e.